The van der Waals surface area contributed by atoms with Crippen molar-refractivity contribution in [3.05, 3.63) is 35.4 Å². The fourth-order valence-corrected chi connectivity index (χ4v) is 3.01. The third-order valence-corrected chi connectivity index (χ3v) is 4.71. The first-order chi connectivity index (χ1) is 9.77. The molecule has 0 radical (unpaired) electrons. The number of Topliss-reactive ketones (excluding diaryl/α,β-unsaturated/α-hetero) is 1. The van der Waals surface area contributed by atoms with Gasteiger partial charge in [-0.25, -0.2) is 17.2 Å². The maximum absolute atomic E-state index is 13.1. The van der Waals surface area contributed by atoms with E-state index in [-0.39, 0.29) is 17.9 Å². The maximum Gasteiger partial charge on any atom is 0.211 e. The van der Waals surface area contributed by atoms with E-state index in [0.29, 0.717) is 26.2 Å². The molecule has 1 aliphatic heterocycles. The van der Waals surface area contributed by atoms with Crippen LogP contribution in [0.15, 0.2) is 18.2 Å². The van der Waals surface area contributed by atoms with E-state index >= 15 is 0 Å². The molecular formula is C13H16F2N2O3S. The standard InChI is InChI=1S/C13H16F2N2O3S/c1-21(19,20)17-6-4-16(5-7-17)9-13(18)10-2-3-11(14)12(15)8-10/h2-3,8H,4-7,9H2,1H3. The van der Waals surface area contributed by atoms with Gasteiger partial charge in [-0.2, -0.15) is 4.31 Å². The minimum atomic E-state index is -3.21. The SMILES string of the molecule is CS(=O)(=O)N1CCN(CC(=O)c2ccc(F)c(F)c2)CC1. The lowest BCUT2D eigenvalue weighted by atomic mass is 10.1. The van der Waals surface area contributed by atoms with E-state index in [0.717, 1.165) is 18.4 Å². The molecule has 0 aromatic heterocycles. The van der Waals surface area contributed by atoms with Crippen LogP contribution in [0.5, 0.6) is 0 Å². The van der Waals surface area contributed by atoms with Crippen LogP contribution in [0, 0.1) is 11.6 Å². The number of ketones is 1. The molecule has 0 saturated carbocycles. The first kappa shape index (κ1) is 16.0. The van der Waals surface area contributed by atoms with Gasteiger partial charge >= 0.3 is 0 Å². The number of halogens is 2. The molecule has 0 atom stereocenters. The second-order valence-corrected chi connectivity index (χ2v) is 6.97. The third kappa shape index (κ3) is 4.05. The van der Waals surface area contributed by atoms with Crippen LogP contribution in [0.2, 0.25) is 0 Å². The van der Waals surface area contributed by atoms with Crippen LogP contribution in [0.25, 0.3) is 0 Å². The van der Waals surface area contributed by atoms with Crippen molar-refractivity contribution in [2.45, 2.75) is 0 Å². The predicted octanol–water partition coefficient (Wildman–Crippen LogP) is 0.725. The van der Waals surface area contributed by atoms with Gasteiger partial charge in [0.1, 0.15) is 0 Å². The Morgan fingerprint density at radius 1 is 1.14 bits per heavy atom. The molecule has 5 nitrogen and oxygen atoms in total. The van der Waals surface area contributed by atoms with E-state index in [1.54, 1.807) is 4.90 Å². The van der Waals surface area contributed by atoms with Gasteiger partial charge in [-0.3, -0.25) is 9.69 Å². The smallest absolute Gasteiger partial charge is 0.211 e. The summed E-state index contributed by atoms with van der Waals surface area (Å²) in [6.45, 7) is 1.57. The van der Waals surface area contributed by atoms with Crippen molar-refractivity contribution in [3.63, 3.8) is 0 Å². The van der Waals surface area contributed by atoms with Gasteiger partial charge in [0.2, 0.25) is 10.0 Å². The zero-order chi connectivity index (χ0) is 15.6. The summed E-state index contributed by atoms with van der Waals surface area (Å²) in [6.07, 6.45) is 1.15. The van der Waals surface area contributed by atoms with E-state index in [1.165, 1.54) is 10.4 Å². The van der Waals surface area contributed by atoms with Gasteiger partial charge in [0, 0.05) is 31.7 Å². The number of hydrogen-bond donors (Lipinski definition) is 0. The molecule has 1 fully saturated rings. The number of hydrogen-bond acceptors (Lipinski definition) is 4. The second kappa shape index (κ2) is 6.17. The molecule has 1 aromatic rings. The van der Waals surface area contributed by atoms with Crippen molar-refractivity contribution in [3.8, 4) is 0 Å². The van der Waals surface area contributed by atoms with Gasteiger partial charge in [-0.15, -0.1) is 0 Å². The fraction of sp³-hybridized carbons (Fsp3) is 0.462. The van der Waals surface area contributed by atoms with Crippen LogP contribution in [-0.2, 0) is 10.0 Å². The van der Waals surface area contributed by atoms with Crippen LogP contribution >= 0.6 is 0 Å². The van der Waals surface area contributed by atoms with E-state index in [4.69, 9.17) is 0 Å². The Morgan fingerprint density at radius 3 is 2.29 bits per heavy atom. The van der Waals surface area contributed by atoms with Crippen molar-refractivity contribution in [1.82, 2.24) is 9.21 Å². The average Bonchev–Trinajstić information content (AvgIpc) is 2.41. The summed E-state index contributed by atoms with van der Waals surface area (Å²) in [7, 11) is -3.21. The van der Waals surface area contributed by atoms with Crippen LogP contribution in [0.3, 0.4) is 0 Å². The molecule has 8 heteroatoms. The summed E-state index contributed by atoms with van der Waals surface area (Å²) in [5.41, 5.74) is 0.111. The highest BCUT2D eigenvalue weighted by molar-refractivity contribution is 7.88. The Bertz CT molecular complexity index is 641. The zero-order valence-electron chi connectivity index (χ0n) is 11.6. The summed E-state index contributed by atoms with van der Waals surface area (Å²) in [5.74, 6) is -2.36. The molecule has 1 saturated heterocycles. The van der Waals surface area contributed by atoms with Crippen LogP contribution in [0.4, 0.5) is 8.78 Å². The quantitative estimate of drug-likeness (QED) is 0.768. The minimum absolute atomic E-state index is 0.0582. The molecule has 21 heavy (non-hydrogen) atoms. The van der Waals surface area contributed by atoms with Gasteiger partial charge in [0.05, 0.1) is 12.8 Å². The molecule has 116 valence electrons. The summed E-state index contributed by atoms with van der Waals surface area (Å²) >= 11 is 0. The van der Waals surface area contributed by atoms with Gasteiger partial charge in [0.25, 0.3) is 0 Å². The number of benzene rings is 1. The molecule has 0 amide bonds. The lowest BCUT2D eigenvalue weighted by Crippen LogP contribution is -2.49. The predicted molar refractivity (Wildman–Crippen MR) is 73.5 cm³/mol. The van der Waals surface area contributed by atoms with Crippen molar-refractivity contribution in [2.24, 2.45) is 0 Å². The lowest BCUT2D eigenvalue weighted by Gasteiger charge is -2.32. The molecule has 2 rings (SSSR count). The molecule has 1 aromatic carbocycles. The summed E-state index contributed by atoms with van der Waals surface area (Å²) in [4.78, 5) is 13.8. The van der Waals surface area contributed by atoms with Gasteiger partial charge < -0.3 is 0 Å². The third-order valence-electron chi connectivity index (χ3n) is 3.41. The van der Waals surface area contributed by atoms with E-state index in [2.05, 4.69) is 0 Å². The van der Waals surface area contributed by atoms with Crippen molar-refractivity contribution in [2.75, 3.05) is 39.0 Å². The summed E-state index contributed by atoms with van der Waals surface area (Å²) < 4.78 is 50.0. The highest BCUT2D eigenvalue weighted by Gasteiger charge is 2.24. The monoisotopic (exact) mass is 318 g/mol. The number of sulfonamides is 1. The van der Waals surface area contributed by atoms with E-state index < -0.39 is 21.7 Å². The van der Waals surface area contributed by atoms with Crippen molar-refractivity contribution >= 4 is 15.8 Å². The molecule has 0 bridgehead atoms. The van der Waals surface area contributed by atoms with Crippen molar-refractivity contribution in [1.29, 1.82) is 0 Å². The molecule has 0 N–H and O–H groups in total. The highest BCUT2D eigenvalue weighted by atomic mass is 32.2. The fourth-order valence-electron chi connectivity index (χ4n) is 2.18. The Labute approximate surface area is 122 Å². The topological polar surface area (TPSA) is 57.7 Å². The number of carbonyl (C=O) groups is 1. The first-order valence-electron chi connectivity index (χ1n) is 6.43. The minimum Gasteiger partial charge on any atom is -0.293 e. The molecule has 0 unspecified atom stereocenters. The molecule has 1 heterocycles. The first-order valence-corrected chi connectivity index (χ1v) is 8.28. The molecule has 0 spiro atoms. The number of nitrogens with zero attached hydrogens (tertiary/aromatic N) is 2. The Kier molecular flexibility index (Phi) is 4.70. The number of piperazine rings is 1. The Hall–Kier alpha value is -1.38. The van der Waals surface area contributed by atoms with Crippen LogP contribution in [-0.4, -0.2) is 62.4 Å². The largest absolute Gasteiger partial charge is 0.293 e. The van der Waals surface area contributed by atoms with Crippen LogP contribution < -0.4 is 0 Å². The van der Waals surface area contributed by atoms with Crippen LogP contribution in [0.1, 0.15) is 10.4 Å². The van der Waals surface area contributed by atoms with Gasteiger partial charge in [-0.1, -0.05) is 0 Å². The maximum atomic E-state index is 13.1. The lowest BCUT2D eigenvalue weighted by molar-refractivity contribution is 0.0901. The highest BCUT2D eigenvalue weighted by Crippen LogP contribution is 2.11. The van der Waals surface area contributed by atoms with Crippen molar-refractivity contribution < 1.29 is 22.0 Å². The summed E-state index contributed by atoms with van der Waals surface area (Å²) in [6, 6.07) is 3.04. The summed E-state index contributed by atoms with van der Waals surface area (Å²) in [5, 5.41) is 0. The molecule has 1 aliphatic rings. The normalized spacial score (nSPS) is 17.9. The van der Waals surface area contributed by atoms with E-state index in [1.807, 2.05) is 0 Å². The Morgan fingerprint density at radius 2 is 1.76 bits per heavy atom. The molecule has 0 aliphatic carbocycles. The zero-order valence-corrected chi connectivity index (χ0v) is 12.4. The Balaban J connectivity index is 1.94. The van der Waals surface area contributed by atoms with E-state index in [9.17, 15) is 22.0 Å². The number of carbonyl (C=O) groups excluding carboxylic acids is 1. The second-order valence-electron chi connectivity index (χ2n) is 4.99. The number of rotatable bonds is 4. The average molecular weight is 318 g/mol. The molecular weight excluding hydrogens is 302 g/mol. The van der Waals surface area contributed by atoms with Gasteiger partial charge in [-0.05, 0) is 18.2 Å². The van der Waals surface area contributed by atoms with Gasteiger partial charge in [0.15, 0.2) is 17.4 Å².